The van der Waals surface area contributed by atoms with Crippen molar-refractivity contribution in [3.05, 3.63) is 60.1 Å². The summed E-state index contributed by atoms with van der Waals surface area (Å²) in [5.41, 5.74) is 2.69. The zero-order chi connectivity index (χ0) is 20.4. The summed E-state index contributed by atoms with van der Waals surface area (Å²) in [5, 5.41) is 40.3. The number of hydrogen-bond donors (Lipinski definition) is 4. The van der Waals surface area contributed by atoms with Crippen molar-refractivity contribution in [2.24, 2.45) is 0 Å². The number of ether oxygens (including phenoxy) is 2. The highest BCUT2D eigenvalue weighted by molar-refractivity contribution is 5.87. The Morgan fingerprint density at radius 1 is 0.966 bits per heavy atom. The van der Waals surface area contributed by atoms with E-state index in [0.717, 1.165) is 22.9 Å². The van der Waals surface area contributed by atoms with E-state index < -0.39 is 37.3 Å². The molecular weight excluding hydrogens is 378 g/mol. The standard InChI is InChI=1S/C21H23NO7/c23-10-16-18(24)19(25)20(26)21(29-16)28-15-3-1-2-14-17(15)13(11-27-14)5-4-12-6-8-22-9-7-12/h1-3,6-9,11,16,18-21,23-26H,4-5,10H2/t16-,18-,19+,20-,21-/m1/s1. The molecule has 4 N–H and O–H groups in total. The maximum Gasteiger partial charge on any atom is 0.229 e. The lowest BCUT2D eigenvalue weighted by molar-refractivity contribution is -0.277. The van der Waals surface area contributed by atoms with E-state index in [0.29, 0.717) is 17.8 Å². The van der Waals surface area contributed by atoms with E-state index >= 15 is 0 Å². The first-order chi connectivity index (χ1) is 14.1. The fourth-order valence-corrected chi connectivity index (χ4v) is 3.52. The number of rotatable bonds is 6. The first kappa shape index (κ1) is 19.8. The average molecular weight is 401 g/mol. The van der Waals surface area contributed by atoms with Crippen molar-refractivity contribution in [1.29, 1.82) is 0 Å². The third-order valence-corrected chi connectivity index (χ3v) is 5.16. The van der Waals surface area contributed by atoms with Crippen LogP contribution in [0.2, 0.25) is 0 Å². The van der Waals surface area contributed by atoms with Crippen LogP contribution in [0.3, 0.4) is 0 Å². The van der Waals surface area contributed by atoms with Gasteiger partial charge in [0.1, 0.15) is 35.7 Å². The van der Waals surface area contributed by atoms with Gasteiger partial charge in [-0.1, -0.05) is 6.07 Å². The molecule has 154 valence electrons. The van der Waals surface area contributed by atoms with Gasteiger partial charge in [0.25, 0.3) is 0 Å². The maximum atomic E-state index is 10.3. The van der Waals surface area contributed by atoms with Crippen molar-refractivity contribution in [2.75, 3.05) is 6.61 Å². The molecule has 1 aliphatic heterocycles. The lowest BCUT2D eigenvalue weighted by Crippen LogP contribution is -2.60. The van der Waals surface area contributed by atoms with E-state index in [-0.39, 0.29) is 0 Å². The van der Waals surface area contributed by atoms with Gasteiger partial charge in [-0.25, -0.2) is 0 Å². The summed E-state index contributed by atoms with van der Waals surface area (Å²) >= 11 is 0. The van der Waals surface area contributed by atoms with Crippen LogP contribution in [0.25, 0.3) is 11.0 Å². The molecule has 4 rings (SSSR count). The molecule has 0 aliphatic carbocycles. The molecule has 1 aliphatic rings. The number of aliphatic hydroxyl groups is 4. The van der Waals surface area contributed by atoms with Gasteiger partial charge in [0.2, 0.25) is 6.29 Å². The molecule has 29 heavy (non-hydrogen) atoms. The van der Waals surface area contributed by atoms with Crippen molar-refractivity contribution in [1.82, 2.24) is 4.98 Å². The quantitative estimate of drug-likeness (QED) is 0.478. The molecule has 1 fully saturated rings. The number of pyridine rings is 1. The SMILES string of the molecule is OC[C@H]1O[C@@H](Oc2cccc3occ(CCc4ccncc4)c23)[C@H](O)[C@@H](O)[C@@H]1O. The minimum absolute atomic E-state index is 0.422. The first-order valence-corrected chi connectivity index (χ1v) is 9.43. The molecule has 0 saturated carbocycles. The van der Waals surface area contributed by atoms with Crippen LogP contribution in [-0.2, 0) is 17.6 Å². The number of hydrogen-bond acceptors (Lipinski definition) is 8. The molecule has 8 heteroatoms. The molecule has 1 saturated heterocycles. The summed E-state index contributed by atoms with van der Waals surface area (Å²) < 4.78 is 17.0. The second-order valence-electron chi connectivity index (χ2n) is 7.06. The van der Waals surface area contributed by atoms with Crippen molar-refractivity contribution in [2.45, 2.75) is 43.5 Å². The molecule has 8 nitrogen and oxygen atoms in total. The molecular formula is C21H23NO7. The van der Waals surface area contributed by atoms with Crippen LogP contribution in [0.4, 0.5) is 0 Å². The van der Waals surface area contributed by atoms with Crippen LogP contribution in [0.15, 0.2) is 53.4 Å². The molecule has 2 aromatic heterocycles. The van der Waals surface area contributed by atoms with Gasteiger partial charge in [-0.15, -0.1) is 0 Å². The molecule has 0 spiro atoms. The molecule has 3 aromatic rings. The monoisotopic (exact) mass is 401 g/mol. The molecule has 0 amide bonds. The molecule has 3 heterocycles. The predicted molar refractivity (Wildman–Crippen MR) is 102 cm³/mol. The number of benzene rings is 1. The lowest BCUT2D eigenvalue weighted by Gasteiger charge is -2.39. The average Bonchev–Trinajstić information content (AvgIpc) is 3.17. The molecule has 0 unspecified atom stereocenters. The van der Waals surface area contributed by atoms with Gasteiger partial charge in [-0.05, 0) is 42.7 Å². The Morgan fingerprint density at radius 2 is 1.76 bits per heavy atom. The molecule has 0 bridgehead atoms. The maximum absolute atomic E-state index is 10.3. The van der Waals surface area contributed by atoms with Gasteiger partial charge in [0.05, 0.1) is 18.3 Å². The van der Waals surface area contributed by atoms with Gasteiger partial charge >= 0.3 is 0 Å². The molecule has 5 atom stereocenters. The summed E-state index contributed by atoms with van der Waals surface area (Å²) in [7, 11) is 0. The first-order valence-electron chi connectivity index (χ1n) is 9.43. The Hall–Kier alpha value is -2.49. The Bertz CT molecular complexity index is 943. The zero-order valence-electron chi connectivity index (χ0n) is 15.6. The van der Waals surface area contributed by atoms with Gasteiger partial charge < -0.3 is 34.3 Å². The second kappa shape index (κ2) is 8.48. The number of fused-ring (bicyclic) bond motifs is 1. The minimum Gasteiger partial charge on any atom is -0.464 e. The number of aromatic nitrogens is 1. The largest absolute Gasteiger partial charge is 0.464 e. The fraction of sp³-hybridized carbons (Fsp3) is 0.381. The highest BCUT2D eigenvalue weighted by Gasteiger charge is 2.44. The van der Waals surface area contributed by atoms with E-state index in [2.05, 4.69) is 4.98 Å². The Morgan fingerprint density at radius 3 is 2.52 bits per heavy atom. The normalized spacial score (nSPS) is 27.2. The van der Waals surface area contributed by atoms with Gasteiger partial charge in [-0.3, -0.25) is 4.98 Å². The van der Waals surface area contributed by atoms with Crippen LogP contribution < -0.4 is 4.74 Å². The number of nitrogens with zero attached hydrogens (tertiary/aromatic N) is 1. The highest BCUT2D eigenvalue weighted by Crippen LogP contribution is 2.34. The van der Waals surface area contributed by atoms with Crippen molar-refractivity contribution in [3.8, 4) is 5.75 Å². The predicted octanol–water partition coefficient (Wildman–Crippen LogP) is 0.792. The van der Waals surface area contributed by atoms with Gasteiger partial charge in [0, 0.05) is 18.0 Å². The number of furan rings is 1. The van der Waals surface area contributed by atoms with E-state index in [1.165, 1.54) is 0 Å². The van der Waals surface area contributed by atoms with Crippen molar-refractivity contribution in [3.63, 3.8) is 0 Å². The van der Waals surface area contributed by atoms with E-state index in [1.54, 1.807) is 30.8 Å². The van der Waals surface area contributed by atoms with Crippen LogP contribution in [-0.4, -0.2) is 62.7 Å². The summed E-state index contributed by atoms with van der Waals surface area (Å²) in [4.78, 5) is 4.02. The van der Waals surface area contributed by atoms with E-state index in [4.69, 9.17) is 13.9 Å². The van der Waals surface area contributed by atoms with Crippen LogP contribution in [0.1, 0.15) is 11.1 Å². The molecule has 0 radical (unpaired) electrons. The summed E-state index contributed by atoms with van der Waals surface area (Å²) in [6.45, 7) is -0.516. The lowest BCUT2D eigenvalue weighted by atomic mass is 9.99. The van der Waals surface area contributed by atoms with Gasteiger partial charge in [0.15, 0.2) is 0 Å². The second-order valence-corrected chi connectivity index (χ2v) is 7.06. The van der Waals surface area contributed by atoms with Crippen molar-refractivity contribution < 1.29 is 34.3 Å². The topological polar surface area (TPSA) is 125 Å². The van der Waals surface area contributed by atoms with Crippen LogP contribution >= 0.6 is 0 Å². The van der Waals surface area contributed by atoms with Crippen molar-refractivity contribution >= 4 is 11.0 Å². The smallest absolute Gasteiger partial charge is 0.229 e. The van der Waals surface area contributed by atoms with E-state index in [9.17, 15) is 20.4 Å². The Labute approximate surface area is 167 Å². The Balaban J connectivity index is 1.58. The summed E-state index contributed by atoms with van der Waals surface area (Å²) in [6.07, 6.45) is -0.0465. The third-order valence-electron chi connectivity index (χ3n) is 5.16. The van der Waals surface area contributed by atoms with Gasteiger partial charge in [-0.2, -0.15) is 0 Å². The third kappa shape index (κ3) is 3.98. The molecule has 1 aromatic carbocycles. The summed E-state index contributed by atoms with van der Waals surface area (Å²) in [6, 6.07) is 9.18. The van der Waals surface area contributed by atoms with E-state index in [1.807, 2.05) is 18.2 Å². The number of aliphatic hydroxyl groups excluding tert-OH is 4. The zero-order valence-corrected chi connectivity index (χ0v) is 15.6. The van der Waals surface area contributed by atoms with Crippen LogP contribution in [0, 0.1) is 0 Å². The Kier molecular flexibility index (Phi) is 5.79. The fourth-order valence-electron chi connectivity index (χ4n) is 3.52. The minimum atomic E-state index is -1.50. The number of aryl methyl sites for hydroxylation is 2. The summed E-state index contributed by atoms with van der Waals surface area (Å²) in [5.74, 6) is 0.422. The van der Waals surface area contributed by atoms with Crippen LogP contribution in [0.5, 0.6) is 5.75 Å². The highest BCUT2D eigenvalue weighted by atomic mass is 16.7.